The maximum absolute atomic E-state index is 11.8. The Balaban J connectivity index is 1.69. The van der Waals surface area contributed by atoms with Crippen molar-refractivity contribution in [1.29, 1.82) is 0 Å². The van der Waals surface area contributed by atoms with E-state index in [-0.39, 0.29) is 18.1 Å². The molecule has 1 aromatic rings. The van der Waals surface area contributed by atoms with Crippen molar-refractivity contribution in [3.63, 3.8) is 0 Å². The minimum atomic E-state index is -0.886. The lowest BCUT2D eigenvalue weighted by atomic mass is 9.87. The third kappa shape index (κ3) is 6.92. The molecular formula is C20H29N3O4. The number of hydrogen-bond donors (Lipinski definition) is 3. The molecule has 0 unspecified atom stereocenters. The van der Waals surface area contributed by atoms with Crippen LogP contribution in [-0.2, 0) is 19.8 Å². The predicted molar refractivity (Wildman–Crippen MR) is 102 cm³/mol. The van der Waals surface area contributed by atoms with Gasteiger partial charge < -0.3 is 10.1 Å². The summed E-state index contributed by atoms with van der Waals surface area (Å²) in [6.45, 7) is 6.08. The van der Waals surface area contributed by atoms with Crippen LogP contribution in [0.25, 0.3) is 0 Å². The lowest BCUT2D eigenvalue weighted by Crippen LogP contribution is -2.51. The molecule has 1 fully saturated rings. The molecule has 0 aromatic heterocycles. The first-order chi connectivity index (χ1) is 12.8. The van der Waals surface area contributed by atoms with Crippen LogP contribution in [0.1, 0.15) is 58.4 Å². The Morgan fingerprint density at radius 1 is 0.963 bits per heavy atom. The predicted octanol–water partition coefficient (Wildman–Crippen LogP) is 1.96. The number of carbonyl (C=O) groups is 3. The maximum atomic E-state index is 11.8. The largest absolute Gasteiger partial charge is 0.484 e. The fourth-order valence-electron chi connectivity index (χ4n) is 2.92. The van der Waals surface area contributed by atoms with E-state index in [1.165, 1.54) is 0 Å². The van der Waals surface area contributed by atoms with Crippen molar-refractivity contribution in [1.82, 2.24) is 16.2 Å². The van der Waals surface area contributed by atoms with Crippen LogP contribution in [0.2, 0.25) is 0 Å². The van der Waals surface area contributed by atoms with E-state index in [0.29, 0.717) is 5.75 Å². The van der Waals surface area contributed by atoms with E-state index in [9.17, 15) is 14.4 Å². The normalized spacial score (nSPS) is 14.9. The van der Waals surface area contributed by atoms with Crippen molar-refractivity contribution in [3.8, 4) is 5.75 Å². The molecule has 0 radical (unpaired) electrons. The zero-order chi connectivity index (χ0) is 19.9. The van der Waals surface area contributed by atoms with Crippen LogP contribution in [0.15, 0.2) is 24.3 Å². The van der Waals surface area contributed by atoms with Crippen LogP contribution >= 0.6 is 0 Å². The molecule has 2 rings (SSSR count). The van der Waals surface area contributed by atoms with Gasteiger partial charge in [0.15, 0.2) is 6.61 Å². The van der Waals surface area contributed by atoms with Gasteiger partial charge in [0.1, 0.15) is 5.75 Å². The first kappa shape index (κ1) is 20.7. The average Bonchev–Trinajstić information content (AvgIpc) is 2.64. The Morgan fingerprint density at radius 3 is 2.19 bits per heavy atom. The number of hydrogen-bond acceptors (Lipinski definition) is 4. The standard InChI is InChI=1S/C20H29N3O4/c1-20(2,3)14-9-11-16(12-10-14)27-13-17(24)22-23-19(26)18(25)21-15-7-5-4-6-8-15/h9-12,15H,4-8,13H2,1-3H3,(H,21,25)(H,22,24)(H,23,26). The van der Waals surface area contributed by atoms with E-state index in [1.54, 1.807) is 12.1 Å². The van der Waals surface area contributed by atoms with Gasteiger partial charge in [-0.2, -0.15) is 0 Å². The Labute approximate surface area is 160 Å². The van der Waals surface area contributed by atoms with E-state index in [4.69, 9.17) is 4.74 Å². The molecule has 3 N–H and O–H groups in total. The Hall–Kier alpha value is -2.57. The highest BCUT2D eigenvalue weighted by Crippen LogP contribution is 2.24. The van der Waals surface area contributed by atoms with Gasteiger partial charge in [0.25, 0.3) is 5.91 Å². The van der Waals surface area contributed by atoms with Gasteiger partial charge in [0.05, 0.1) is 0 Å². The van der Waals surface area contributed by atoms with Crippen molar-refractivity contribution < 1.29 is 19.1 Å². The van der Waals surface area contributed by atoms with Crippen LogP contribution in [0.4, 0.5) is 0 Å². The molecule has 1 aliphatic rings. The molecular weight excluding hydrogens is 346 g/mol. The summed E-state index contributed by atoms with van der Waals surface area (Å²) in [6, 6.07) is 7.52. The van der Waals surface area contributed by atoms with Crippen molar-refractivity contribution in [2.24, 2.45) is 0 Å². The van der Waals surface area contributed by atoms with Crippen LogP contribution in [0.3, 0.4) is 0 Å². The van der Waals surface area contributed by atoms with Crippen molar-refractivity contribution in [2.45, 2.75) is 64.3 Å². The molecule has 7 nitrogen and oxygen atoms in total. The molecule has 148 valence electrons. The van der Waals surface area contributed by atoms with Crippen molar-refractivity contribution in [2.75, 3.05) is 6.61 Å². The summed E-state index contributed by atoms with van der Waals surface area (Å²) in [5.74, 6) is -1.61. The molecule has 0 spiro atoms. The fourth-order valence-corrected chi connectivity index (χ4v) is 2.92. The van der Waals surface area contributed by atoms with Crippen LogP contribution < -0.4 is 20.9 Å². The van der Waals surface area contributed by atoms with Crippen molar-refractivity contribution in [3.05, 3.63) is 29.8 Å². The summed E-state index contributed by atoms with van der Waals surface area (Å²) in [7, 11) is 0. The van der Waals surface area contributed by atoms with Gasteiger partial charge in [-0.1, -0.05) is 52.2 Å². The van der Waals surface area contributed by atoms with Crippen LogP contribution in [0, 0.1) is 0 Å². The van der Waals surface area contributed by atoms with Gasteiger partial charge in [-0.3, -0.25) is 25.2 Å². The summed E-state index contributed by atoms with van der Waals surface area (Å²) in [5, 5.41) is 2.68. The van der Waals surface area contributed by atoms with Gasteiger partial charge in [0.2, 0.25) is 0 Å². The molecule has 1 aromatic carbocycles. The first-order valence-electron chi connectivity index (χ1n) is 9.39. The molecule has 0 bridgehead atoms. The molecule has 1 aliphatic carbocycles. The van der Waals surface area contributed by atoms with Crippen LogP contribution in [-0.4, -0.2) is 30.4 Å². The summed E-state index contributed by atoms with van der Waals surface area (Å²) in [5.41, 5.74) is 5.49. The number of benzene rings is 1. The highest BCUT2D eigenvalue weighted by Gasteiger charge is 2.20. The second-order valence-corrected chi connectivity index (χ2v) is 7.87. The second-order valence-electron chi connectivity index (χ2n) is 7.87. The topological polar surface area (TPSA) is 96.5 Å². The highest BCUT2D eigenvalue weighted by atomic mass is 16.5. The number of carbonyl (C=O) groups excluding carboxylic acids is 3. The van der Waals surface area contributed by atoms with E-state index in [2.05, 4.69) is 36.9 Å². The number of ether oxygens (including phenoxy) is 1. The number of hydrazine groups is 1. The Morgan fingerprint density at radius 2 is 1.59 bits per heavy atom. The Bertz CT molecular complexity index is 659. The molecule has 1 saturated carbocycles. The van der Waals surface area contributed by atoms with E-state index in [0.717, 1.165) is 37.7 Å². The maximum Gasteiger partial charge on any atom is 0.327 e. The summed E-state index contributed by atoms with van der Waals surface area (Å²) in [6.07, 6.45) is 5.03. The van der Waals surface area contributed by atoms with Gasteiger partial charge in [-0.05, 0) is 36.0 Å². The third-order valence-corrected chi connectivity index (χ3v) is 4.55. The third-order valence-electron chi connectivity index (χ3n) is 4.55. The molecule has 27 heavy (non-hydrogen) atoms. The van der Waals surface area contributed by atoms with Crippen LogP contribution in [0.5, 0.6) is 5.75 Å². The van der Waals surface area contributed by atoms with E-state index < -0.39 is 17.7 Å². The summed E-state index contributed by atoms with van der Waals surface area (Å²) in [4.78, 5) is 35.3. The monoisotopic (exact) mass is 375 g/mol. The number of rotatable bonds is 4. The van der Waals surface area contributed by atoms with Gasteiger partial charge in [-0.15, -0.1) is 0 Å². The molecule has 0 atom stereocenters. The highest BCUT2D eigenvalue weighted by molar-refractivity contribution is 6.35. The van der Waals surface area contributed by atoms with E-state index >= 15 is 0 Å². The Kier molecular flexibility index (Phi) is 7.21. The van der Waals surface area contributed by atoms with Gasteiger partial charge in [-0.25, -0.2) is 0 Å². The molecule has 7 heteroatoms. The molecule has 0 saturated heterocycles. The molecule has 3 amide bonds. The zero-order valence-corrected chi connectivity index (χ0v) is 16.3. The summed E-state index contributed by atoms with van der Waals surface area (Å²) >= 11 is 0. The minimum Gasteiger partial charge on any atom is -0.484 e. The van der Waals surface area contributed by atoms with Gasteiger partial charge >= 0.3 is 11.8 Å². The summed E-state index contributed by atoms with van der Waals surface area (Å²) < 4.78 is 5.39. The van der Waals surface area contributed by atoms with Gasteiger partial charge in [0, 0.05) is 6.04 Å². The van der Waals surface area contributed by atoms with Crippen molar-refractivity contribution >= 4 is 17.7 Å². The first-order valence-corrected chi connectivity index (χ1v) is 9.39. The SMILES string of the molecule is CC(C)(C)c1ccc(OCC(=O)NNC(=O)C(=O)NC2CCCCC2)cc1. The minimum absolute atomic E-state index is 0.0344. The zero-order valence-electron chi connectivity index (χ0n) is 16.3. The average molecular weight is 375 g/mol. The fraction of sp³-hybridized carbons (Fsp3) is 0.550. The molecule has 0 aliphatic heterocycles. The number of nitrogens with one attached hydrogen (secondary N) is 3. The molecule has 0 heterocycles. The lowest BCUT2D eigenvalue weighted by molar-refractivity contribution is -0.141. The second kappa shape index (κ2) is 9.39. The quantitative estimate of drug-likeness (QED) is 0.554. The smallest absolute Gasteiger partial charge is 0.327 e. The number of amides is 3. The van der Waals surface area contributed by atoms with E-state index in [1.807, 2.05) is 12.1 Å². The lowest BCUT2D eigenvalue weighted by Gasteiger charge is -2.22.